The van der Waals surface area contributed by atoms with E-state index >= 15 is 0 Å². The summed E-state index contributed by atoms with van der Waals surface area (Å²) in [4.78, 5) is 18.4. The number of anilines is 3. The predicted octanol–water partition coefficient (Wildman–Crippen LogP) is 4.75. The number of nitrogens with zero attached hydrogens (tertiary/aromatic N) is 6. The molecule has 5 rings (SSSR count). The van der Waals surface area contributed by atoms with Crippen LogP contribution in [0.5, 0.6) is 5.75 Å². The second-order valence-corrected chi connectivity index (χ2v) is 8.94. The first-order chi connectivity index (χ1) is 16.7. The molecule has 176 valence electrons. The highest BCUT2D eigenvalue weighted by molar-refractivity contribution is 6.30. The monoisotopic (exact) mass is 477 g/mol. The molecule has 1 N–H and O–H groups in total. The highest BCUT2D eigenvalue weighted by atomic mass is 35.5. The van der Waals surface area contributed by atoms with E-state index in [1.807, 2.05) is 48.5 Å². The van der Waals surface area contributed by atoms with Crippen molar-refractivity contribution in [1.29, 1.82) is 0 Å². The molecular weight excluding hydrogens is 450 g/mol. The number of hydrogen-bond donors (Lipinski definition) is 1. The van der Waals surface area contributed by atoms with Crippen LogP contribution < -0.4 is 20.0 Å². The van der Waals surface area contributed by atoms with E-state index in [-0.39, 0.29) is 0 Å². The van der Waals surface area contributed by atoms with Crippen molar-refractivity contribution in [2.75, 3.05) is 41.4 Å². The van der Waals surface area contributed by atoms with Gasteiger partial charge in [-0.25, -0.2) is 5.43 Å². The molecule has 0 amide bonds. The third-order valence-corrected chi connectivity index (χ3v) is 6.22. The van der Waals surface area contributed by atoms with Gasteiger partial charge in [0.2, 0.25) is 17.8 Å². The van der Waals surface area contributed by atoms with Crippen LogP contribution in [0.25, 0.3) is 0 Å². The van der Waals surface area contributed by atoms with Gasteiger partial charge in [0, 0.05) is 31.2 Å². The molecule has 0 bridgehead atoms. The Bertz CT molecular complexity index is 1070. The Morgan fingerprint density at radius 3 is 2.00 bits per heavy atom. The summed E-state index contributed by atoms with van der Waals surface area (Å²) in [7, 11) is 0. The van der Waals surface area contributed by atoms with Crippen molar-refractivity contribution in [2.45, 2.75) is 32.3 Å². The molecule has 3 heterocycles. The fourth-order valence-corrected chi connectivity index (χ4v) is 4.21. The van der Waals surface area contributed by atoms with E-state index in [4.69, 9.17) is 21.3 Å². The Balaban J connectivity index is 1.21. The van der Waals surface area contributed by atoms with E-state index in [2.05, 4.69) is 30.3 Å². The maximum atomic E-state index is 5.93. The first kappa shape index (κ1) is 22.4. The van der Waals surface area contributed by atoms with Gasteiger partial charge < -0.3 is 14.5 Å². The third kappa shape index (κ3) is 5.75. The summed E-state index contributed by atoms with van der Waals surface area (Å²) < 4.78 is 5.85. The van der Waals surface area contributed by atoms with E-state index in [9.17, 15) is 0 Å². The molecule has 2 fully saturated rings. The zero-order valence-corrected chi connectivity index (χ0v) is 19.8. The van der Waals surface area contributed by atoms with Gasteiger partial charge in [0.15, 0.2) is 0 Å². The zero-order chi connectivity index (χ0) is 23.2. The van der Waals surface area contributed by atoms with Crippen LogP contribution in [-0.2, 0) is 6.61 Å². The van der Waals surface area contributed by atoms with E-state index in [0.29, 0.717) is 12.6 Å². The van der Waals surface area contributed by atoms with E-state index in [1.54, 1.807) is 6.21 Å². The lowest BCUT2D eigenvalue weighted by Crippen LogP contribution is -2.25. The maximum absolute atomic E-state index is 5.93. The van der Waals surface area contributed by atoms with Crippen molar-refractivity contribution in [1.82, 2.24) is 15.0 Å². The minimum absolute atomic E-state index is 0.470. The van der Waals surface area contributed by atoms with Crippen LogP contribution >= 0.6 is 11.6 Å². The largest absolute Gasteiger partial charge is 0.489 e. The van der Waals surface area contributed by atoms with Crippen LogP contribution in [0.1, 0.15) is 36.8 Å². The van der Waals surface area contributed by atoms with E-state index < -0.39 is 0 Å². The summed E-state index contributed by atoms with van der Waals surface area (Å²) in [5, 5.41) is 5.08. The number of rotatable bonds is 8. The normalized spacial score (nSPS) is 15.9. The first-order valence-electron chi connectivity index (χ1n) is 11.8. The fraction of sp³-hybridized carbons (Fsp3) is 0.360. The molecule has 0 aliphatic carbocycles. The van der Waals surface area contributed by atoms with Crippen LogP contribution in [0, 0.1) is 0 Å². The molecule has 3 aromatic rings. The second-order valence-electron chi connectivity index (χ2n) is 8.50. The van der Waals surface area contributed by atoms with Crippen LogP contribution in [-0.4, -0.2) is 47.3 Å². The van der Waals surface area contributed by atoms with Crippen molar-refractivity contribution < 1.29 is 4.74 Å². The summed E-state index contributed by atoms with van der Waals surface area (Å²) >= 11 is 5.93. The second kappa shape index (κ2) is 10.7. The number of hydrogen-bond acceptors (Lipinski definition) is 8. The van der Waals surface area contributed by atoms with Crippen molar-refractivity contribution in [3.05, 3.63) is 64.7 Å². The van der Waals surface area contributed by atoms with Gasteiger partial charge in [0.25, 0.3) is 0 Å². The Morgan fingerprint density at radius 2 is 1.41 bits per heavy atom. The summed E-state index contributed by atoms with van der Waals surface area (Å²) in [6, 6.07) is 15.4. The summed E-state index contributed by atoms with van der Waals surface area (Å²) in [6.45, 7) is 4.43. The molecule has 1 aromatic heterocycles. The molecule has 0 radical (unpaired) electrons. The number of halogens is 1. The number of ether oxygens (including phenoxy) is 1. The lowest BCUT2D eigenvalue weighted by molar-refractivity contribution is 0.306. The highest BCUT2D eigenvalue weighted by Gasteiger charge is 2.21. The predicted molar refractivity (Wildman–Crippen MR) is 136 cm³/mol. The molecule has 34 heavy (non-hydrogen) atoms. The average Bonchev–Trinajstić information content (AvgIpc) is 3.59. The quantitative estimate of drug-likeness (QED) is 0.370. The van der Waals surface area contributed by atoms with Crippen LogP contribution in [0.3, 0.4) is 0 Å². The topological polar surface area (TPSA) is 78.8 Å². The highest BCUT2D eigenvalue weighted by Crippen LogP contribution is 2.23. The standard InChI is InChI=1S/C25H28ClN7O/c26-21-9-5-20(6-10-21)18-34-22-11-7-19(8-12-22)17-27-31-23-28-24(32-13-1-2-14-32)30-25(29-23)33-15-3-4-16-33/h5-12,17H,1-4,13-16,18H2,(H,28,29,30,31)/b27-17-. The van der Waals surface area contributed by atoms with E-state index in [0.717, 1.165) is 60.0 Å². The Hall–Kier alpha value is -3.39. The van der Waals surface area contributed by atoms with Crippen LogP contribution in [0.2, 0.25) is 5.02 Å². The number of nitrogens with one attached hydrogen (secondary N) is 1. The maximum Gasteiger partial charge on any atom is 0.250 e. The lowest BCUT2D eigenvalue weighted by Gasteiger charge is -2.20. The Morgan fingerprint density at radius 1 is 0.824 bits per heavy atom. The molecule has 2 aromatic carbocycles. The summed E-state index contributed by atoms with van der Waals surface area (Å²) in [5.74, 6) is 2.73. The van der Waals surface area contributed by atoms with Gasteiger partial charge in [-0.15, -0.1) is 0 Å². The smallest absolute Gasteiger partial charge is 0.250 e. The molecule has 0 spiro atoms. The average molecular weight is 478 g/mol. The van der Waals surface area contributed by atoms with Gasteiger partial charge in [-0.2, -0.15) is 20.1 Å². The molecule has 2 saturated heterocycles. The minimum Gasteiger partial charge on any atom is -0.489 e. The van der Waals surface area contributed by atoms with Crippen molar-refractivity contribution in [3.8, 4) is 5.75 Å². The fourth-order valence-electron chi connectivity index (χ4n) is 4.08. The lowest BCUT2D eigenvalue weighted by atomic mass is 10.2. The SMILES string of the molecule is Clc1ccc(COc2ccc(/C=N\Nc3nc(N4CCCC4)nc(N4CCCC4)n3)cc2)cc1. The molecule has 0 saturated carbocycles. The molecular formula is C25H28ClN7O. The Kier molecular flexibility index (Phi) is 7.05. The summed E-state index contributed by atoms with van der Waals surface area (Å²) in [5.41, 5.74) is 5.01. The van der Waals surface area contributed by atoms with Gasteiger partial charge >= 0.3 is 0 Å². The van der Waals surface area contributed by atoms with Crippen molar-refractivity contribution in [2.24, 2.45) is 5.10 Å². The van der Waals surface area contributed by atoms with Gasteiger partial charge in [0.05, 0.1) is 6.21 Å². The zero-order valence-electron chi connectivity index (χ0n) is 19.0. The molecule has 0 atom stereocenters. The molecule has 0 unspecified atom stereocenters. The van der Waals surface area contributed by atoms with Gasteiger partial charge in [-0.3, -0.25) is 0 Å². The minimum atomic E-state index is 0.470. The Labute approximate surface area is 204 Å². The number of benzene rings is 2. The van der Waals surface area contributed by atoms with Crippen LogP contribution in [0.4, 0.5) is 17.8 Å². The van der Waals surface area contributed by atoms with E-state index in [1.165, 1.54) is 25.7 Å². The van der Waals surface area contributed by atoms with Crippen LogP contribution in [0.15, 0.2) is 53.6 Å². The van der Waals surface area contributed by atoms with Crippen molar-refractivity contribution >= 4 is 35.7 Å². The molecule has 2 aliphatic rings. The molecule has 2 aliphatic heterocycles. The first-order valence-corrected chi connectivity index (χ1v) is 12.1. The third-order valence-electron chi connectivity index (χ3n) is 5.97. The number of hydrazone groups is 1. The number of aromatic nitrogens is 3. The van der Waals surface area contributed by atoms with Gasteiger partial charge in [0.1, 0.15) is 12.4 Å². The summed E-state index contributed by atoms with van der Waals surface area (Å²) in [6.07, 6.45) is 6.43. The van der Waals surface area contributed by atoms with Crippen molar-refractivity contribution in [3.63, 3.8) is 0 Å². The molecule has 9 heteroatoms. The molecule has 8 nitrogen and oxygen atoms in total. The van der Waals surface area contributed by atoms with Gasteiger partial charge in [-0.05, 0) is 73.2 Å². The van der Waals surface area contributed by atoms with Gasteiger partial charge in [-0.1, -0.05) is 23.7 Å².